The molecule has 2 aromatic rings. The molecule has 0 saturated heterocycles. The van der Waals surface area contributed by atoms with E-state index < -0.39 is 5.97 Å². The van der Waals surface area contributed by atoms with Crippen molar-refractivity contribution in [3.63, 3.8) is 0 Å². The lowest BCUT2D eigenvalue weighted by Gasteiger charge is -2.07. The van der Waals surface area contributed by atoms with Gasteiger partial charge in [-0.2, -0.15) is 0 Å². The van der Waals surface area contributed by atoms with Gasteiger partial charge in [-0.05, 0) is 24.8 Å². The van der Waals surface area contributed by atoms with Crippen LogP contribution in [0.4, 0.5) is 0 Å². The summed E-state index contributed by atoms with van der Waals surface area (Å²) in [4.78, 5) is 11.7. The zero-order valence-electron chi connectivity index (χ0n) is 12.1. The molecule has 1 aromatic heterocycles. The van der Waals surface area contributed by atoms with Crippen molar-refractivity contribution < 1.29 is 14.4 Å². The molecule has 110 valence electrons. The van der Waals surface area contributed by atoms with Crippen LogP contribution in [-0.4, -0.2) is 16.2 Å². The van der Waals surface area contributed by atoms with E-state index in [0.29, 0.717) is 11.5 Å². The molecule has 0 atom stereocenters. The molecule has 1 N–H and O–H groups in total. The van der Waals surface area contributed by atoms with Gasteiger partial charge >= 0.3 is 5.97 Å². The van der Waals surface area contributed by atoms with Crippen molar-refractivity contribution in [2.45, 2.75) is 44.9 Å². The number of carbonyl (C=O) groups is 1. The highest BCUT2D eigenvalue weighted by Crippen LogP contribution is 2.39. The van der Waals surface area contributed by atoms with Crippen molar-refractivity contribution in [3.8, 4) is 11.3 Å². The summed E-state index contributed by atoms with van der Waals surface area (Å²) in [6.07, 6.45) is 5.08. The number of benzene rings is 1. The minimum atomic E-state index is -0.945. The lowest BCUT2D eigenvalue weighted by molar-refractivity contribution is 0.0694. The summed E-state index contributed by atoms with van der Waals surface area (Å²) >= 11 is 0. The zero-order valence-corrected chi connectivity index (χ0v) is 12.1. The van der Waals surface area contributed by atoms with Crippen molar-refractivity contribution >= 4 is 5.97 Å². The maximum atomic E-state index is 11.7. The molecule has 4 nitrogen and oxygen atoms in total. The molecule has 1 aliphatic carbocycles. The molecule has 1 aliphatic rings. The molecule has 1 fully saturated rings. The van der Waals surface area contributed by atoms with Crippen LogP contribution in [0.1, 0.15) is 60.2 Å². The Morgan fingerprint density at radius 3 is 2.71 bits per heavy atom. The smallest absolute Gasteiger partial charge is 0.341 e. The maximum Gasteiger partial charge on any atom is 0.341 e. The normalized spacial score (nSPS) is 15.5. The molecule has 1 saturated carbocycles. The lowest BCUT2D eigenvalue weighted by Crippen LogP contribution is -2.04. The molecule has 0 aliphatic heterocycles. The van der Waals surface area contributed by atoms with Gasteiger partial charge < -0.3 is 9.63 Å². The van der Waals surface area contributed by atoms with Crippen LogP contribution in [0.25, 0.3) is 11.3 Å². The van der Waals surface area contributed by atoms with Gasteiger partial charge in [0.05, 0.1) is 0 Å². The van der Waals surface area contributed by atoms with Crippen LogP contribution >= 0.6 is 0 Å². The fourth-order valence-corrected chi connectivity index (χ4v) is 3.22. The standard InChI is InChI=1S/C17H19NO3/c1-2-11-7-5-6-10-13(11)15-14(17(19)20)16(21-18-15)12-8-3-4-9-12/h5-7,10,12H,2-4,8-9H2,1H3,(H,19,20). The van der Waals surface area contributed by atoms with Gasteiger partial charge in [0.25, 0.3) is 0 Å². The molecule has 3 rings (SSSR count). The summed E-state index contributed by atoms with van der Waals surface area (Å²) in [5.41, 5.74) is 2.68. The van der Waals surface area contributed by atoms with Crippen LogP contribution in [0.3, 0.4) is 0 Å². The number of aromatic carboxylic acids is 1. The predicted octanol–water partition coefficient (Wildman–Crippen LogP) is 4.26. The third-order valence-corrected chi connectivity index (χ3v) is 4.31. The Kier molecular flexibility index (Phi) is 3.78. The van der Waals surface area contributed by atoms with Gasteiger partial charge in [0.1, 0.15) is 11.3 Å². The van der Waals surface area contributed by atoms with E-state index in [4.69, 9.17) is 4.52 Å². The Morgan fingerprint density at radius 2 is 2.05 bits per heavy atom. The predicted molar refractivity (Wildman–Crippen MR) is 79.5 cm³/mol. The average molecular weight is 285 g/mol. The van der Waals surface area contributed by atoms with E-state index in [1.807, 2.05) is 24.3 Å². The van der Waals surface area contributed by atoms with E-state index in [2.05, 4.69) is 12.1 Å². The molecule has 0 amide bonds. The molecule has 0 bridgehead atoms. The molecular formula is C17H19NO3. The third-order valence-electron chi connectivity index (χ3n) is 4.31. The third kappa shape index (κ3) is 2.46. The van der Waals surface area contributed by atoms with Crippen molar-refractivity contribution in [3.05, 3.63) is 41.2 Å². The SMILES string of the molecule is CCc1ccccc1-c1noc(C2CCCC2)c1C(=O)O. The van der Waals surface area contributed by atoms with Crippen LogP contribution in [0.2, 0.25) is 0 Å². The van der Waals surface area contributed by atoms with Crippen molar-refractivity contribution in [2.75, 3.05) is 0 Å². The lowest BCUT2D eigenvalue weighted by atomic mass is 9.95. The second-order valence-electron chi connectivity index (χ2n) is 5.57. The van der Waals surface area contributed by atoms with Gasteiger partial charge in [0, 0.05) is 11.5 Å². The molecule has 0 spiro atoms. The molecule has 1 heterocycles. The number of carboxylic acids is 1. The summed E-state index contributed by atoms with van der Waals surface area (Å²) in [7, 11) is 0. The Bertz CT molecular complexity index is 654. The Hall–Kier alpha value is -2.10. The first-order valence-corrected chi connectivity index (χ1v) is 7.53. The van der Waals surface area contributed by atoms with Gasteiger partial charge in [-0.3, -0.25) is 0 Å². The number of aryl methyl sites for hydroxylation is 1. The number of carboxylic acid groups (broad SMARTS) is 1. The zero-order chi connectivity index (χ0) is 14.8. The topological polar surface area (TPSA) is 63.3 Å². The Balaban J connectivity index is 2.12. The van der Waals surface area contributed by atoms with Crippen molar-refractivity contribution in [1.82, 2.24) is 5.16 Å². The first kappa shape index (κ1) is 13.9. The largest absolute Gasteiger partial charge is 0.477 e. The fourth-order valence-electron chi connectivity index (χ4n) is 3.22. The second kappa shape index (κ2) is 5.72. The maximum absolute atomic E-state index is 11.7. The van der Waals surface area contributed by atoms with E-state index in [0.717, 1.165) is 43.2 Å². The van der Waals surface area contributed by atoms with Crippen LogP contribution < -0.4 is 0 Å². The number of aromatic nitrogens is 1. The van der Waals surface area contributed by atoms with Gasteiger partial charge in [-0.15, -0.1) is 0 Å². The minimum Gasteiger partial charge on any atom is -0.477 e. The van der Waals surface area contributed by atoms with Crippen LogP contribution in [0.15, 0.2) is 28.8 Å². The van der Waals surface area contributed by atoms with E-state index >= 15 is 0 Å². The Labute approximate surface area is 123 Å². The Morgan fingerprint density at radius 1 is 1.33 bits per heavy atom. The highest BCUT2D eigenvalue weighted by molar-refractivity contribution is 5.96. The van der Waals surface area contributed by atoms with Gasteiger partial charge in [-0.25, -0.2) is 4.79 Å². The summed E-state index contributed by atoms with van der Waals surface area (Å²) in [5, 5.41) is 13.7. The molecular weight excluding hydrogens is 266 g/mol. The first-order chi connectivity index (χ1) is 10.2. The molecule has 0 unspecified atom stereocenters. The first-order valence-electron chi connectivity index (χ1n) is 7.53. The molecule has 4 heteroatoms. The molecule has 21 heavy (non-hydrogen) atoms. The van der Waals surface area contributed by atoms with E-state index in [1.54, 1.807) is 0 Å². The van der Waals surface area contributed by atoms with Crippen LogP contribution in [0, 0.1) is 0 Å². The van der Waals surface area contributed by atoms with E-state index in [-0.39, 0.29) is 11.5 Å². The number of rotatable bonds is 4. The van der Waals surface area contributed by atoms with Crippen molar-refractivity contribution in [2.24, 2.45) is 0 Å². The summed E-state index contributed by atoms with van der Waals surface area (Å²) in [6.45, 7) is 2.05. The van der Waals surface area contributed by atoms with Crippen molar-refractivity contribution in [1.29, 1.82) is 0 Å². The summed E-state index contributed by atoms with van der Waals surface area (Å²) < 4.78 is 5.46. The van der Waals surface area contributed by atoms with Gasteiger partial charge in [0.2, 0.25) is 0 Å². The number of hydrogen-bond donors (Lipinski definition) is 1. The highest BCUT2D eigenvalue weighted by atomic mass is 16.5. The van der Waals surface area contributed by atoms with Crippen LogP contribution in [-0.2, 0) is 6.42 Å². The highest BCUT2D eigenvalue weighted by Gasteiger charge is 2.31. The quantitative estimate of drug-likeness (QED) is 0.911. The molecule has 1 aromatic carbocycles. The number of hydrogen-bond acceptors (Lipinski definition) is 3. The summed E-state index contributed by atoms with van der Waals surface area (Å²) in [6, 6.07) is 7.79. The van der Waals surface area contributed by atoms with Gasteiger partial charge in [0.15, 0.2) is 5.76 Å². The summed E-state index contributed by atoms with van der Waals surface area (Å²) in [5.74, 6) is -0.189. The molecule has 0 radical (unpaired) electrons. The van der Waals surface area contributed by atoms with Gasteiger partial charge in [-0.1, -0.05) is 49.2 Å². The average Bonchev–Trinajstić information content (AvgIpc) is 3.15. The minimum absolute atomic E-state index is 0.200. The number of nitrogens with zero attached hydrogens (tertiary/aromatic N) is 1. The fraction of sp³-hybridized carbons (Fsp3) is 0.412. The second-order valence-corrected chi connectivity index (χ2v) is 5.57. The van der Waals surface area contributed by atoms with Crippen LogP contribution in [0.5, 0.6) is 0 Å². The van der Waals surface area contributed by atoms with E-state index in [9.17, 15) is 9.90 Å². The van der Waals surface area contributed by atoms with E-state index in [1.165, 1.54) is 0 Å². The monoisotopic (exact) mass is 285 g/mol.